The maximum Gasteiger partial charge on any atom is 0.309 e. The lowest BCUT2D eigenvalue weighted by Gasteiger charge is -2.17. The van der Waals surface area contributed by atoms with Crippen molar-refractivity contribution in [3.8, 4) is 0 Å². The van der Waals surface area contributed by atoms with E-state index in [9.17, 15) is 19.1 Å². The second-order valence-electron chi connectivity index (χ2n) is 8.29. The number of aryl methyl sites for hydroxylation is 1. The maximum absolute atomic E-state index is 13.4. The summed E-state index contributed by atoms with van der Waals surface area (Å²) in [5.41, 5.74) is -0.715. The van der Waals surface area contributed by atoms with Crippen molar-refractivity contribution in [1.82, 2.24) is 24.7 Å². The highest BCUT2D eigenvalue weighted by Crippen LogP contribution is 2.35. The van der Waals surface area contributed by atoms with E-state index in [2.05, 4.69) is 25.5 Å². The van der Waals surface area contributed by atoms with E-state index in [0.717, 1.165) is 9.10 Å². The molecule has 1 amide bonds. The highest BCUT2D eigenvalue weighted by atomic mass is 32.2. The zero-order chi connectivity index (χ0) is 26.6. The van der Waals surface area contributed by atoms with Crippen molar-refractivity contribution in [1.29, 1.82) is 0 Å². The summed E-state index contributed by atoms with van der Waals surface area (Å²) in [5.74, 6) is -1.32. The number of hydrogen-bond donors (Lipinski definition) is 2. The number of amides is 1. The summed E-state index contributed by atoms with van der Waals surface area (Å²) in [6, 6.07) is 9.54. The maximum atomic E-state index is 13.4. The number of benzene rings is 1. The van der Waals surface area contributed by atoms with Gasteiger partial charge in [-0.25, -0.2) is 14.4 Å². The van der Waals surface area contributed by atoms with Crippen LogP contribution in [0.3, 0.4) is 0 Å². The number of carbonyl (C=O) groups excluding carboxylic acids is 1. The summed E-state index contributed by atoms with van der Waals surface area (Å²) in [6.07, 6.45) is 3.18. The Labute approximate surface area is 228 Å². The number of hydrogen-bond acceptors (Lipinski definition) is 10. The summed E-state index contributed by atoms with van der Waals surface area (Å²) in [4.78, 5) is 34.8. The third kappa shape index (κ3) is 7.09. The molecule has 0 saturated carbocycles. The first kappa shape index (κ1) is 27.1. The molecule has 9 nitrogen and oxygen atoms in total. The summed E-state index contributed by atoms with van der Waals surface area (Å²) in [6.45, 7) is 3.31. The molecule has 4 aromatic rings. The van der Waals surface area contributed by atoms with Gasteiger partial charge in [0.2, 0.25) is 0 Å². The number of pyridine rings is 1. The number of carbonyl (C=O) groups is 2. The van der Waals surface area contributed by atoms with E-state index in [1.165, 1.54) is 58.8 Å². The SMILES string of the molecule is Cn1cnnc1Sc1ccc(Sc2ccc(F)cc2)c(C(=O)Nc2ncc(SCC(C)(C)C(=O)O)s2)n1. The molecule has 0 unspecified atom stereocenters. The minimum absolute atomic E-state index is 0.179. The Hall–Kier alpha value is -2.94. The van der Waals surface area contributed by atoms with Crippen LogP contribution in [0.5, 0.6) is 0 Å². The molecule has 3 heterocycles. The van der Waals surface area contributed by atoms with Gasteiger partial charge < -0.3 is 9.67 Å². The Balaban J connectivity index is 1.55. The van der Waals surface area contributed by atoms with Crippen LogP contribution in [0.2, 0.25) is 0 Å². The zero-order valence-electron chi connectivity index (χ0n) is 19.8. The summed E-state index contributed by atoms with van der Waals surface area (Å²) >= 11 is 5.18. The predicted octanol–water partition coefficient (Wildman–Crippen LogP) is 5.56. The van der Waals surface area contributed by atoms with Gasteiger partial charge in [-0.05, 0) is 62.0 Å². The Bertz CT molecular complexity index is 1420. The van der Waals surface area contributed by atoms with Crippen LogP contribution < -0.4 is 5.32 Å². The number of thiazole rings is 1. The molecule has 3 aromatic heterocycles. The van der Waals surface area contributed by atoms with Crippen LogP contribution >= 0.6 is 46.6 Å². The summed E-state index contributed by atoms with van der Waals surface area (Å²) in [7, 11) is 1.81. The molecular formula is C23H21FN6O3S4. The number of anilines is 1. The van der Waals surface area contributed by atoms with Crippen molar-refractivity contribution in [2.24, 2.45) is 12.5 Å². The molecule has 1 aromatic carbocycles. The van der Waals surface area contributed by atoms with Crippen LogP contribution in [0.25, 0.3) is 0 Å². The lowest BCUT2D eigenvalue weighted by molar-refractivity contribution is -0.145. The van der Waals surface area contributed by atoms with Gasteiger partial charge in [-0.15, -0.1) is 22.0 Å². The van der Waals surface area contributed by atoms with Crippen molar-refractivity contribution < 1.29 is 19.1 Å². The third-order valence-corrected chi connectivity index (χ3v) is 9.43. The minimum atomic E-state index is -0.894. The van der Waals surface area contributed by atoms with Gasteiger partial charge in [0.1, 0.15) is 22.9 Å². The van der Waals surface area contributed by atoms with Crippen LogP contribution in [-0.4, -0.2) is 47.5 Å². The number of aliphatic carboxylic acids is 1. The molecule has 4 rings (SSSR count). The molecule has 0 bridgehead atoms. The van der Waals surface area contributed by atoms with Gasteiger partial charge in [0, 0.05) is 22.6 Å². The molecule has 0 fully saturated rings. The predicted molar refractivity (Wildman–Crippen MR) is 142 cm³/mol. The van der Waals surface area contributed by atoms with Crippen LogP contribution in [0, 0.1) is 11.2 Å². The van der Waals surface area contributed by atoms with Crippen molar-refractivity contribution in [2.45, 2.75) is 38.0 Å². The highest BCUT2D eigenvalue weighted by molar-refractivity contribution is 8.01. The first-order valence-corrected chi connectivity index (χ1v) is 14.1. The third-order valence-electron chi connectivity index (χ3n) is 4.81. The van der Waals surface area contributed by atoms with Gasteiger partial charge >= 0.3 is 5.97 Å². The molecule has 192 valence electrons. The molecular weight excluding hydrogens is 556 g/mol. The van der Waals surface area contributed by atoms with E-state index in [0.29, 0.717) is 26.0 Å². The molecule has 37 heavy (non-hydrogen) atoms. The van der Waals surface area contributed by atoms with E-state index >= 15 is 0 Å². The van der Waals surface area contributed by atoms with E-state index < -0.39 is 17.3 Å². The fraction of sp³-hybridized carbons (Fsp3) is 0.217. The quantitative estimate of drug-likeness (QED) is 0.232. The molecule has 0 radical (unpaired) electrons. The van der Waals surface area contributed by atoms with E-state index in [1.54, 1.807) is 55.2 Å². The Morgan fingerprint density at radius 1 is 1.16 bits per heavy atom. The Morgan fingerprint density at radius 3 is 2.59 bits per heavy atom. The Morgan fingerprint density at radius 2 is 1.92 bits per heavy atom. The van der Waals surface area contributed by atoms with Crippen molar-refractivity contribution >= 4 is 63.6 Å². The van der Waals surface area contributed by atoms with E-state index in [-0.39, 0.29) is 11.5 Å². The minimum Gasteiger partial charge on any atom is -0.481 e. The number of nitrogens with one attached hydrogen (secondary N) is 1. The lowest BCUT2D eigenvalue weighted by Crippen LogP contribution is -2.26. The zero-order valence-corrected chi connectivity index (χ0v) is 23.1. The van der Waals surface area contributed by atoms with Crippen molar-refractivity contribution in [3.05, 3.63) is 60.4 Å². The first-order chi connectivity index (χ1) is 17.6. The molecule has 0 atom stereocenters. The van der Waals surface area contributed by atoms with Gasteiger partial charge in [0.05, 0.1) is 15.8 Å². The standard InChI is InChI=1S/C23H21FN6O3S4/c1-23(2,20(32)33)11-34-17-10-25-21(37-17)28-19(31)18-15(35-14-6-4-13(24)5-7-14)8-9-16(27-18)36-22-29-26-12-30(22)3/h4-10,12H,11H2,1-3H3,(H,32,33)(H,25,28,31). The fourth-order valence-electron chi connectivity index (χ4n) is 2.67. The summed E-state index contributed by atoms with van der Waals surface area (Å²) < 4.78 is 15.9. The van der Waals surface area contributed by atoms with Gasteiger partial charge in [0.15, 0.2) is 10.3 Å². The molecule has 0 saturated heterocycles. The smallest absolute Gasteiger partial charge is 0.309 e. The van der Waals surface area contributed by atoms with Crippen LogP contribution in [-0.2, 0) is 11.8 Å². The number of halogens is 1. The number of carboxylic acids is 1. The van der Waals surface area contributed by atoms with E-state index in [4.69, 9.17) is 0 Å². The number of aromatic nitrogens is 5. The molecule has 0 spiro atoms. The molecule has 0 aliphatic carbocycles. The molecule has 14 heteroatoms. The average Bonchev–Trinajstić information content (AvgIpc) is 3.48. The largest absolute Gasteiger partial charge is 0.481 e. The van der Waals surface area contributed by atoms with Crippen LogP contribution in [0.1, 0.15) is 24.3 Å². The number of nitrogens with zero attached hydrogens (tertiary/aromatic N) is 5. The fourth-order valence-corrected chi connectivity index (χ4v) is 6.26. The van der Waals surface area contributed by atoms with Crippen molar-refractivity contribution in [3.63, 3.8) is 0 Å². The average molecular weight is 577 g/mol. The van der Waals surface area contributed by atoms with E-state index in [1.807, 2.05) is 7.05 Å². The first-order valence-electron chi connectivity index (χ1n) is 10.7. The van der Waals surface area contributed by atoms with Crippen molar-refractivity contribution in [2.75, 3.05) is 11.1 Å². The monoisotopic (exact) mass is 576 g/mol. The molecule has 0 aliphatic rings. The van der Waals surface area contributed by atoms with Gasteiger partial charge in [-0.1, -0.05) is 23.1 Å². The number of rotatable bonds is 10. The normalized spacial score (nSPS) is 11.5. The van der Waals surface area contributed by atoms with Crippen LogP contribution in [0.4, 0.5) is 9.52 Å². The number of thioether (sulfide) groups is 1. The number of carboxylic acid groups (broad SMARTS) is 1. The molecule has 0 aliphatic heterocycles. The highest BCUT2D eigenvalue weighted by Gasteiger charge is 2.27. The topological polar surface area (TPSA) is 123 Å². The molecule has 2 N–H and O–H groups in total. The summed E-state index contributed by atoms with van der Waals surface area (Å²) in [5, 5.41) is 21.5. The Kier molecular flexibility index (Phi) is 8.52. The lowest BCUT2D eigenvalue weighted by atomic mass is 9.97. The van der Waals surface area contributed by atoms with Gasteiger partial charge in [-0.3, -0.25) is 14.9 Å². The second kappa shape index (κ2) is 11.6. The van der Waals surface area contributed by atoms with Gasteiger partial charge in [0.25, 0.3) is 5.91 Å². The van der Waals surface area contributed by atoms with Crippen LogP contribution in [0.15, 0.2) is 73.1 Å². The van der Waals surface area contributed by atoms with Gasteiger partial charge in [-0.2, -0.15) is 0 Å². The second-order valence-corrected chi connectivity index (χ2v) is 12.7.